The number of nitrogens with one attached hydrogen (secondary N) is 1. The Labute approximate surface area is 178 Å². The van der Waals surface area contributed by atoms with Gasteiger partial charge in [0.1, 0.15) is 17.0 Å². The highest BCUT2D eigenvalue weighted by Gasteiger charge is 2.35. The molecule has 6 nitrogen and oxygen atoms in total. The van der Waals surface area contributed by atoms with E-state index in [1.165, 1.54) is 18.2 Å². The maximum Gasteiger partial charge on any atom is 0.290 e. The summed E-state index contributed by atoms with van der Waals surface area (Å²) in [4.78, 5) is 16.5. The van der Waals surface area contributed by atoms with E-state index in [9.17, 15) is 26.4 Å². The van der Waals surface area contributed by atoms with Gasteiger partial charge in [-0.2, -0.15) is 8.78 Å². The van der Waals surface area contributed by atoms with Gasteiger partial charge in [-0.3, -0.25) is 4.79 Å². The Morgan fingerprint density at radius 1 is 1.29 bits per heavy atom. The number of hydrogen-bond acceptors (Lipinski definition) is 5. The van der Waals surface area contributed by atoms with Gasteiger partial charge in [0.15, 0.2) is 15.7 Å². The number of benzene rings is 1. The molecule has 166 valence electrons. The molecule has 1 aliphatic carbocycles. The van der Waals surface area contributed by atoms with Crippen LogP contribution < -0.4 is 10.1 Å². The van der Waals surface area contributed by atoms with Crippen LogP contribution in [0.3, 0.4) is 0 Å². The number of rotatable bonds is 8. The van der Waals surface area contributed by atoms with E-state index in [1.54, 1.807) is 18.2 Å². The maximum atomic E-state index is 14.4. The Kier molecular flexibility index (Phi) is 6.40. The summed E-state index contributed by atoms with van der Waals surface area (Å²) >= 11 is 0. The molecular weight excluding hydrogens is 433 g/mol. The average molecular weight is 454 g/mol. The lowest BCUT2D eigenvalue weighted by Crippen LogP contribution is -2.35. The molecule has 0 aliphatic heterocycles. The smallest absolute Gasteiger partial charge is 0.290 e. The fraction of sp³-hybridized carbons (Fsp3) is 0.333. The summed E-state index contributed by atoms with van der Waals surface area (Å²) in [5, 5.41) is 3.60. The quantitative estimate of drug-likeness (QED) is 0.647. The SMILES string of the molecule is CC(F)(F)c1nc(Oc2ccccc2)c(C(=O)NC(C=CS(C)(=O)=O)C2CC2)cc1F. The summed E-state index contributed by atoms with van der Waals surface area (Å²) in [6.07, 6.45) is 3.92. The van der Waals surface area contributed by atoms with Gasteiger partial charge in [0.25, 0.3) is 11.8 Å². The zero-order chi connectivity index (χ0) is 22.8. The number of nitrogens with zero attached hydrogens (tertiary/aromatic N) is 1. The Morgan fingerprint density at radius 2 is 1.94 bits per heavy atom. The van der Waals surface area contributed by atoms with Gasteiger partial charge < -0.3 is 10.1 Å². The second-order valence-corrected chi connectivity index (χ2v) is 9.40. The third kappa shape index (κ3) is 6.30. The van der Waals surface area contributed by atoms with Crippen molar-refractivity contribution in [2.75, 3.05) is 6.26 Å². The highest BCUT2D eigenvalue weighted by Crippen LogP contribution is 2.35. The van der Waals surface area contributed by atoms with Gasteiger partial charge >= 0.3 is 0 Å². The van der Waals surface area contributed by atoms with Crippen molar-refractivity contribution < 1.29 is 31.1 Å². The molecule has 0 radical (unpaired) electrons. The number of para-hydroxylation sites is 1. The maximum absolute atomic E-state index is 14.4. The third-order valence-corrected chi connectivity index (χ3v) is 5.17. The van der Waals surface area contributed by atoms with Crippen LogP contribution in [0.4, 0.5) is 13.2 Å². The van der Waals surface area contributed by atoms with Crippen molar-refractivity contribution >= 4 is 15.7 Å². The Balaban J connectivity index is 1.96. The summed E-state index contributed by atoms with van der Waals surface area (Å²) in [6.45, 7) is 0.490. The molecule has 10 heteroatoms. The van der Waals surface area contributed by atoms with E-state index >= 15 is 0 Å². The fourth-order valence-electron chi connectivity index (χ4n) is 2.86. The summed E-state index contributed by atoms with van der Waals surface area (Å²) in [7, 11) is -3.42. The van der Waals surface area contributed by atoms with E-state index < -0.39 is 45.1 Å². The molecular formula is C21H21F3N2O4S. The molecule has 1 N–H and O–H groups in total. The van der Waals surface area contributed by atoms with Crippen LogP contribution in [0.5, 0.6) is 11.6 Å². The summed E-state index contributed by atoms with van der Waals surface area (Å²) in [5.41, 5.74) is -1.53. The van der Waals surface area contributed by atoms with Gasteiger partial charge in [-0.05, 0) is 37.0 Å². The molecule has 1 unspecified atom stereocenters. The molecule has 1 aromatic carbocycles. The van der Waals surface area contributed by atoms with E-state index in [0.29, 0.717) is 13.0 Å². The van der Waals surface area contributed by atoms with Gasteiger partial charge in [-0.15, -0.1) is 0 Å². The number of carbonyl (C=O) groups is 1. The third-order valence-electron chi connectivity index (χ3n) is 4.52. The monoisotopic (exact) mass is 454 g/mol. The zero-order valence-corrected chi connectivity index (χ0v) is 17.6. The fourth-order valence-corrected chi connectivity index (χ4v) is 3.31. The second-order valence-electron chi connectivity index (χ2n) is 7.47. The number of amides is 1. The Hall–Kier alpha value is -2.88. The van der Waals surface area contributed by atoms with Crippen LogP contribution in [-0.4, -0.2) is 31.6 Å². The lowest BCUT2D eigenvalue weighted by molar-refractivity contribution is 0.00818. The van der Waals surface area contributed by atoms with Crippen LogP contribution in [0, 0.1) is 11.7 Å². The lowest BCUT2D eigenvalue weighted by atomic mass is 10.1. The number of pyridine rings is 1. The van der Waals surface area contributed by atoms with E-state index in [2.05, 4.69) is 10.3 Å². The van der Waals surface area contributed by atoms with Crippen LogP contribution in [-0.2, 0) is 15.8 Å². The second kappa shape index (κ2) is 8.70. The minimum atomic E-state index is -3.59. The van der Waals surface area contributed by atoms with Crippen molar-refractivity contribution in [3.63, 3.8) is 0 Å². The topological polar surface area (TPSA) is 85.4 Å². The number of carbonyl (C=O) groups excluding carboxylic acids is 1. The first kappa shape index (κ1) is 22.8. The van der Waals surface area contributed by atoms with Crippen LogP contribution in [0.15, 0.2) is 47.9 Å². The van der Waals surface area contributed by atoms with Crippen LogP contribution in [0.1, 0.15) is 35.8 Å². The molecule has 1 aliphatic rings. The van der Waals surface area contributed by atoms with Crippen LogP contribution in [0.25, 0.3) is 0 Å². The zero-order valence-electron chi connectivity index (χ0n) is 16.8. The van der Waals surface area contributed by atoms with Crippen molar-refractivity contribution in [1.29, 1.82) is 0 Å². The van der Waals surface area contributed by atoms with E-state index in [1.807, 2.05) is 0 Å². The highest BCUT2D eigenvalue weighted by atomic mass is 32.2. The largest absolute Gasteiger partial charge is 0.438 e. The number of hydrogen-bond donors (Lipinski definition) is 1. The number of halogens is 3. The first-order valence-corrected chi connectivity index (χ1v) is 11.4. The summed E-state index contributed by atoms with van der Waals surface area (Å²) in [5.74, 6) is -6.01. The molecule has 0 bridgehead atoms. The molecule has 31 heavy (non-hydrogen) atoms. The molecule has 3 rings (SSSR count). The average Bonchev–Trinajstić information content (AvgIpc) is 3.50. The Morgan fingerprint density at radius 3 is 2.48 bits per heavy atom. The van der Waals surface area contributed by atoms with Crippen molar-refractivity contribution in [3.8, 4) is 11.6 Å². The first-order valence-electron chi connectivity index (χ1n) is 9.45. The van der Waals surface area contributed by atoms with Gasteiger partial charge in [0.2, 0.25) is 5.88 Å². The van der Waals surface area contributed by atoms with Crippen molar-refractivity contribution in [2.45, 2.75) is 31.7 Å². The lowest BCUT2D eigenvalue weighted by Gasteiger charge is -2.18. The standard InChI is InChI=1S/C21H21F3N2O4S/c1-21(23,24)18-16(22)12-15(20(26-18)30-14-6-4-3-5-7-14)19(27)25-17(13-8-9-13)10-11-31(2,28)29/h3-7,10-13,17H,8-9H2,1-2H3,(H,25,27). The van der Waals surface area contributed by atoms with Crippen molar-refractivity contribution in [3.05, 3.63) is 65.0 Å². The van der Waals surface area contributed by atoms with Crippen LogP contribution in [0.2, 0.25) is 0 Å². The molecule has 1 aromatic heterocycles. The molecule has 1 atom stereocenters. The van der Waals surface area contributed by atoms with Crippen LogP contribution >= 0.6 is 0 Å². The molecule has 1 fully saturated rings. The van der Waals surface area contributed by atoms with Gasteiger partial charge in [0.05, 0.1) is 6.04 Å². The van der Waals surface area contributed by atoms with E-state index in [4.69, 9.17) is 4.74 Å². The van der Waals surface area contributed by atoms with Crippen molar-refractivity contribution in [1.82, 2.24) is 10.3 Å². The molecule has 0 spiro atoms. The number of aromatic nitrogens is 1. The normalized spacial score (nSPS) is 15.6. The minimum absolute atomic E-state index is 0.0255. The molecule has 1 saturated carbocycles. The predicted octanol–water partition coefficient (Wildman–Crippen LogP) is 4.19. The summed E-state index contributed by atoms with van der Waals surface area (Å²) < 4.78 is 70.3. The molecule has 2 aromatic rings. The minimum Gasteiger partial charge on any atom is -0.438 e. The number of ether oxygens (including phenoxy) is 1. The predicted molar refractivity (Wildman–Crippen MR) is 108 cm³/mol. The first-order chi connectivity index (χ1) is 14.4. The van der Waals surface area contributed by atoms with Gasteiger partial charge in [-0.25, -0.2) is 17.8 Å². The molecule has 0 saturated heterocycles. The van der Waals surface area contributed by atoms with E-state index in [-0.39, 0.29) is 17.2 Å². The molecule has 1 heterocycles. The Bertz CT molecular complexity index is 1100. The van der Waals surface area contributed by atoms with Gasteiger partial charge in [0, 0.05) is 18.6 Å². The number of sulfone groups is 1. The summed E-state index contributed by atoms with van der Waals surface area (Å²) in [6, 6.07) is 8.05. The van der Waals surface area contributed by atoms with Gasteiger partial charge in [-0.1, -0.05) is 24.3 Å². The molecule has 1 amide bonds. The number of alkyl halides is 2. The van der Waals surface area contributed by atoms with E-state index in [0.717, 1.165) is 24.5 Å². The highest BCUT2D eigenvalue weighted by molar-refractivity contribution is 7.93. The van der Waals surface area contributed by atoms with Crippen molar-refractivity contribution in [2.24, 2.45) is 5.92 Å².